The standard InChI is InChI=1S/C17H17Cl2N7/c18-13-1-3-15(4-2-13)26-11-14(22-23-26)10-24-5-7-25(8-6-24)17-16(19)9-20-12-21-17/h1-4,9,11-12H,5-8,10H2. The van der Waals surface area contributed by atoms with Crippen LogP contribution in [-0.4, -0.2) is 56.0 Å². The molecule has 0 saturated carbocycles. The predicted octanol–water partition coefficient (Wildman–Crippen LogP) is 2.69. The summed E-state index contributed by atoms with van der Waals surface area (Å²) in [4.78, 5) is 12.8. The maximum Gasteiger partial charge on any atom is 0.150 e. The van der Waals surface area contributed by atoms with Gasteiger partial charge in [0.15, 0.2) is 5.82 Å². The summed E-state index contributed by atoms with van der Waals surface area (Å²) < 4.78 is 1.77. The van der Waals surface area contributed by atoms with Gasteiger partial charge in [-0.25, -0.2) is 14.6 Å². The lowest BCUT2D eigenvalue weighted by Gasteiger charge is -2.35. The van der Waals surface area contributed by atoms with E-state index in [0.717, 1.165) is 49.9 Å². The van der Waals surface area contributed by atoms with Gasteiger partial charge in [-0.1, -0.05) is 28.4 Å². The number of rotatable bonds is 4. The first-order valence-corrected chi connectivity index (χ1v) is 9.04. The zero-order valence-corrected chi connectivity index (χ0v) is 15.5. The fraction of sp³-hybridized carbons (Fsp3) is 0.294. The highest BCUT2D eigenvalue weighted by atomic mass is 35.5. The molecule has 0 aliphatic carbocycles. The number of halogens is 2. The summed E-state index contributed by atoms with van der Waals surface area (Å²) in [5.41, 5.74) is 1.88. The molecule has 0 unspecified atom stereocenters. The van der Waals surface area contributed by atoms with Crippen LogP contribution in [0.25, 0.3) is 5.69 Å². The monoisotopic (exact) mass is 389 g/mol. The van der Waals surface area contributed by atoms with Crippen molar-refractivity contribution in [2.24, 2.45) is 0 Å². The Kier molecular flexibility index (Phi) is 5.01. The highest BCUT2D eigenvalue weighted by molar-refractivity contribution is 6.32. The van der Waals surface area contributed by atoms with Gasteiger partial charge in [0.1, 0.15) is 11.3 Å². The minimum atomic E-state index is 0.590. The van der Waals surface area contributed by atoms with E-state index in [9.17, 15) is 0 Å². The molecular formula is C17H17Cl2N7. The number of hydrogen-bond donors (Lipinski definition) is 0. The second-order valence-corrected chi connectivity index (χ2v) is 6.93. The minimum Gasteiger partial charge on any atom is -0.353 e. The summed E-state index contributed by atoms with van der Waals surface area (Å²) in [6, 6.07) is 7.53. The first-order chi connectivity index (χ1) is 12.7. The van der Waals surface area contributed by atoms with Crippen molar-refractivity contribution in [3.05, 3.63) is 58.7 Å². The van der Waals surface area contributed by atoms with Crippen LogP contribution in [0.15, 0.2) is 43.0 Å². The number of benzene rings is 1. The molecular weight excluding hydrogens is 373 g/mol. The summed E-state index contributed by atoms with van der Waals surface area (Å²) in [6.45, 7) is 4.31. The molecule has 2 aromatic heterocycles. The lowest BCUT2D eigenvalue weighted by Crippen LogP contribution is -2.46. The summed E-state index contributed by atoms with van der Waals surface area (Å²) in [5, 5.41) is 9.79. The van der Waals surface area contributed by atoms with Gasteiger partial charge in [0.25, 0.3) is 0 Å². The van der Waals surface area contributed by atoms with Crippen molar-refractivity contribution in [3.63, 3.8) is 0 Å². The summed E-state index contributed by atoms with van der Waals surface area (Å²) in [7, 11) is 0. The average Bonchev–Trinajstić information content (AvgIpc) is 3.12. The normalized spacial score (nSPS) is 15.4. The average molecular weight is 390 g/mol. The van der Waals surface area contributed by atoms with Crippen LogP contribution >= 0.6 is 23.2 Å². The molecule has 134 valence electrons. The van der Waals surface area contributed by atoms with Crippen molar-refractivity contribution in [2.75, 3.05) is 31.1 Å². The molecule has 0 N–H and O–H groups in total. The number of nitrogens with zero attached hydrogens (tertiary/aromatic N) is 7. The van der Waals surface area contributed by atoms with Gasteiger partial charge in [-0.15, -0.1) is 5.10 Å². The zero-order chi connectivity index (χ0) is 17.9. The minimum absolute atomic E-state index is 0.590. The number of piperazine rings is 1. The molecule has 1 saturated heterocycles. The Labute approximate surface area is 161 Å². The van der Waals surface area contributed by atoms with Crippen molar-refractivity contribution >= 4 is 29.0 Å². The SMILES string of the molecule is Clc1ccc(-n2cc(CN3CCN(c4ncncc4Cl)CC3)nn2)cc1. The molecule has 9 heteroatoms. The van der Waals surface area contributed by atoms with Crippen LogP contribution in [0.4, 0.5) is 5.82 Å². The Bertz CT molecular complexity index is 873. The van der Waals surface area contributed by atoms with E-state index in [1.165, 1.54) is 6.33 Å². The molecule has 1 aliphatic heterocycles. The molecule has 26 heavy (non-hydrogen) atoms. The van der Waals surface area contributed by atoms with Crippen LogP contribution in [0.3, 0.4) is 0 Å². The molecule has 4 rings (SSSR count). The van der Waals surface area contributed by atoms with Gasteiger partial charge in [-0.3, -0.25) is 4.90 Å². The lowest BCUT2D eigenvalue weighted by atomic mass is 10.3. The molecule has 0 radical (unpaired) electrons. The largest absolute Gasteiger partial charge is 0.353 e. The summed E-state index contributed by atoms with van der Waals surface area (Å²) >= 11 is 12.1. The third-order valence-electron chi connectivity index (χ3n) is 4.34. The third-order valence-corrected chi connectivity index (χ3v) is 4.86. The van der Waals surface area contributed by atoms with Crippen LogP contribution in [-0.2, 0) is 6.54 Å². The van der Waals surface area contributed by atoms with E-state index in [1.54, 1.807) is 10.9 Å². The molecule has 7 nitrogen and oxygen atoms in total. The molecule has 3 aromatic rings. The molecule has 1 fully saturated rings. The first-order valence-electron chi connectivity index (χ1n) is 8.29. The highest BCUT2D eigenvalue weighted by Gasteiger charge is 2.20. The number of anilines is 1. The van der Waals surface area contributed by atoms with Crippen LogP contribution in [0, 0.1) is 0 Å². The van der Waals surface area contributed by atoms with Crippen LogP contribution in [0.1, 0.15) is 5.69 Å². The van der Waals surface area contributed by atoms with Gasteiger partial charge in [0.2, 0.25) is 0 Å². The Morgan fingerprint density at radius 2 is 1.77 bits per heavy atom. The maximum absolute atomic E-state index is 6.18. The van der Waals surface area contributed by atoms with Crippen molar-refractivity contribution < 1.29 is 0 Å². The smallest absolute Gasteiger partial charge is 0.150 e. The molecule has 3 heterocycles. The topological polar surface area (TPSA) is 63.0 Å². The third kappa shape index (κ3) is 3.80. The fourth-order valence-corrected chi connectivity index (χ4v) is 3.33. The van der Waals surface area contributed by atoms with Crippen molar-refractivity contribution in [3.8, 4) is 5.69 Å². The molecule has 1 aliphatic rings. The highest BCUT2D eigenvalue weighted by Crippen LogP contribution is 2.22. The van der Waals surface area contributed by atoms with E-state index in [1.807, 2.05) is 30.5 Å². The van der Waals surface area contributed by atoms with Gasteiger partial charge in [0.05, 0.1) is 23.8 Å². The number of hydrogen-bond acceptors (Lipinski definition) is 6. The second kappa shape index (κ2) is 7.57. The van der Waals surface area contributed by atoms with E-state index in [-0.39, 0.29) is 0 Å². The molecule has 0 amide bonds. The van der Waals surface area contributed by atoms with Gasteiger partial charge >= 0.3 is 0 Å². The Balaban J connectivity index is 1.36. The van der Waals surface area contributed by atoms with E-state index in [0.29, 0.717) is 10.0 Å². The van der Waals surface area contributed by atoms with Gasteiger partial charge in [-0.05, 0) is 24.3 Å². The Hall–Kier alpha value is -2.22. The Morgan fingerprint density at radius 1 is 1.00 bits per heavy atom. The van der Waals surface area contributed by atoms with E-state index in [2.05, 4.69) is 30.1 Å². The van der Waals surface area contributed by atoms with Gasteiger partial charge in [0, 0.05) is 37.7 Å². The van der Waals surface area contributed by atoms with E-state index < -0.39 is 0 Å². The van der Waals surface area contributed by atoms with Gasteiger partial charge in [-0.2, -0.15) is 0 Å². The summed E-state index contributed by atoms with van der Waals surface area (Å²) in [6.07, 6.45) is 5.12. The van der Waals surface area contributed by atoms with Crippen LogP contribution < -0.4 is 4.90 Å². The lowest BCUT2D eigenvalue weighted by molar-refractivity contribution is 0.246. The predicted molar refractivity (Wildman–Crippen MR) is 101 cm³/mol. The van der Waals surface area contributed by atoms with Gasteiger partial charge < -0.3 is 4.90 Å². The Morgan fingerprint density at radius 3 is 2.50 bits per heavy atom. The molecule has 1 aromatic carbocycles. The van der Waals surface area contributed by atoms with Crippen molar-refractivity contribution in [1.82, 2.24) is 29.9 Å². The van der Waals surface area contributed by atoms with Crippen LogP contribution in [0.5, 0.6) is 0 Å². The number of aromatic nitrogens is 5. The second-order valence-electron chi connectivity index (χ2n) is 6.09. The molecule has 0 bridgehead atoms. The quantitative estimate of drug-likeness (QED) is 0.683. The maximum atomic E-state index is 6.18. The fourth-order valence-electron chi connectivity index (χ4n) is 2.98. The molecule has 0 atom stereocenters. The zero-order valence-electron chi connectivity index (χ0n) is 14.0. The van der Waals surface area contributed by atoms with E-state index in [4.69, 9.17) is 23.2 Å². The van der Waals surface area contributed by atoms with Crippen molar-refractivity contribution in [1.29, 1.82) is 0 Å². The molecule has 0 spiro atoms. The van der Waals surface area contributed by atoms with Crippen molar-refractivity contribution in [2.45, 2.75) is 6.54 Å². The first kappa shape index (κ1) is 17.2. The summed E-state index contributed by atoms with van der Waals surface area (Å²) in [5.74, 6) is 0.801. The van der Waals surface area contributed by atoms with Crippen LogP contribution in [0.2, 0.25) is 10.0 Å². The van der Waals surface area contributed by atoms with E-state index >= 15 is 0 Å².